The quantitative estimate of drug-likeness (QED) is 0.0237. The third kappa shape index (κ3) is 26.7. The average Bonchev–Trinajstić information content (AvgIpc) is 3.30. The Labute approximate surface area is 391 Å². The molecule has 2 aliphatic rings. The van der Waals surface area contributed by atoms with Crippen LogP contribution in [0.15, 0.2) is 0 Å². The van der Waals surface area contributed by atoms with Crippen molar-refractivity contribution in [2.24, 2.45) is 0 Å². The Balaban J connectivity index is 1.80. The van der Waals surface area contributed by atoms with Crippen LogP contribution in [0.4, 0.5) is 0 Å². The zero-order valence-electron chi connectivity index (χ0n) is 40.5. The maximum absolute atomic E-state index is 13.0. The minimum atomic E-state index is -1.76. The van der Waals surface area contributed by atoms with E-state index in [9.17, 15) is 45.3 Å². The molecule has 2 saturated heterocycles. The molecule has 384 valence electrons. The third-order valence-electron chi connectivity index (χ3n) is 12.8. The summed E-state index contributed by atoms with van der Waals surface area (Å²) in [5.41, 5.74) is 0. The smallest absolute Gasteiger partial charge is 0.306 e. The van der Waals surface area contributed by atoms with E-state index in [2.05, 4.69) is 13.8 Å². The van der Waals surface area contributed by atoms with Gasteiger partial charge >= 0.3 is 11.9 Å². The van der Waals surface area contributed by atoms with Crippen molar-refractivity contribution in [2.45, 2.75) is 280 Å². The number of aliphatic hydroxyl groups excluding tert-OH is 7. The SMILES string of the molecule is CCCCCCCCCCCCCCCCCC(=O)OC[C@H](CO[C@@H]1O[C@H](CO[C@H]2O[C@H](CO)[C@H](O)[C@H](O)[C@H]2O)[C@H](O)[C@H](O)[C@H]1O)OC(=O)CCCCCCCCCCCCCCCC. The van der Waals surface area contributed by atoms with Crippen molar-refractivity contribution in [3.63, 3.8) is 0 Å². The fraction of sp³-hybridized carbons (Fsp3) is 0.960. The van der Waals surface area contributed by atoms with Crippen molar-refractivity contribution in [3.8, 4) is 0 Å². The lowest BCUT2D eigenvalue weighted by Gasteiger charge is -2.42. The van der Waals surface area contributed by atoms with Gasteiger partial charge in [0, 0.05) is 12.8 Å². The molecule has 15 nitrogen and oxygen atoms in total. The molecule has 0 bridgehead atoms. The van der Waals surface area contributed by atoms with Gasteiger partial charge in [0.15, 0.2) is 18.7 Å². The van der Waals surface area contributed by atoms with E-state index in [1.54, 1.807) is 0 Å². The summed E-state index contributed by atoms with van der Waals surface area (Å²) in [4.78, 5) is 25.7. The van der Waals surface area contributed by atoms with Crippen LogP contribution in [-0.2, 0) is 38.0 Å². The molecule has 2 fully saturated rings. The zero-order chi connectivity index (χ0) is 47.5. The van der Waals surface area contributed by atoms with Gasteiger partial charge in [-0.25, -0.2) is 0 Å². The van der Waals surface area contributed by atoms with Crippen LogP contribution in [0.3, 0.4) is 0 Å². The Morgan fingerprint density at radius 2 is 0.785 bits per heavy atom. The number of hydrogen-bond donors (Lipinski definition) is 7. The molecule has 0 spiro atoms. The fourth-order valence-corrected chi connectivity index (χ4v) is 8.51. The summed E-state index contributed by atoms with van der Waals surface area (Å²) < 4.78 is 33.6. The van der Waals surface area contributed by atoms with Gasteiger partial charge in [-0.1, -0.05) is 187 Å². The Bertz CT molecular complexity index is 1150. The number of aliphatic hydroxyl groups is 7. The summed E-state index contributed by atoms with van der Waals surface area (Å²) in [6, 6.07) is 0. The van der Waals surface area contributed by atoms with Crippen LogP contribution in [0.5, 0.6) is 0 Å². The summed E-state index contributed by atoms with van der Waals surface area (Å²) in [6.45, 7) is 2.62. The second-order valence-electron chi connectivity index (χ2n) is 18.7. The standard InChI is InChI=1S/C50H94O15/c1-3-5-7-9-11-13-15-17-19-21-22-24-26-28-30-32-41(52)60-35-38(63-42(53)33-31-29-27-25-23-20-18-16-14-12-10-8-6-4-2)36-61-49-48(59)46(57)44(55)40(65-49)37-62-50-47(58)45(56)43(54)39(34-51)64-50/h38-40,43-51,54-59H,3-37H2,1-2H3/t38-,39-,40-,43+,44+,45+,46+,47-,48-,49-,50+/m1/s1. The molecule has 2 rings (SSSR count). The third-order valence-corrected chi connectivity index (χ3v) is 12.8. The number of ether oxygens (including phenoxy) is 6. The van der Waals surface area contributed by atoms with Crippen LogP contribution in [0, 0.1) is 0 Å². The summed E-state index contributed by atoms with van der Waals surface area (Å²) in [6.07, 6.45) is 18.4. The number of hydrogen-bond acceptors (Lipinski definition) is 15. The van der Waals surface area contributed by atoms with Crippen LogP contribution >= 0.6 is 0 Å². The van der Waals surface area contributed by atoms with E-state index in [0.717, 1.165) is 38.5 Å². The fourth-order valence-electron chi connectivity index (χ4n) is 8.51. The minimum absolute atomic E-state index is 0.173. The van der Waals surface area contributed by atoms with Crippen molar-refractivity contribution >= 4 is 11.9 Å². The largest absolute Gasteiger partial charge is 0.462 e. The molecule has 0 aromatic rings. The van der Waals surface area contributed by atoms with E-state index in [4.69, 9.17) is 28.4 Å². The summed E-state index contributed by atoms with van der Waals surface area (Å²) in [5, 5.41) is 72.0. The topological polar surface area (TPSA) is 231 Å². The maximum Gasteiger partial charge on any atom is 0.306 e. The number of carbonyl (C=O) groups is 2. The monoisotopic (exact) mass is 935 g/mol. The molecule has 2 aliphatic heterocycles. The van der Waals surface area contributed by atoms with E-state index < -0.39 is 92.7 Å². The average molecular weight is 935 g/mol. The van der Waals surface area contributed by atoms with E-state index in [1.807, 2.05) is 0 Å². The molecule has 0 aromatic heterocycles. The van der Waals surface area contributed by atoms with Crippen LogP contribution in [0.25, 0.3) is 0 Å². The van der Waals surface area contributed by atoms with Gasteiger partial charge in [-0.15, -0.1) is 0 Å². The highest BCUT2D eigenvalue weighted by Gasteiger charge is 2.47. The molecule has 0 radical (unpaired) electrons. The molecule has 65 heavy (non-hydrogen) atoms. The van der Waals surface area contributed by atoms with Gasteiger partial charge < -0.3 is 64.2 Å². The molecule has 2 heterocycles. The Kier molecular flexibility index (Phi) is 35.2. The van der Waals surface area contributed by atoms with Crippen molar-refractivity contribution in [1.29, 1.82) is 0 Å². The van der Waals surface area contributed by atoms with Crippen LogP contribution in [0.1, 0.15) is 213 Å². The lowest BCUT2D eigenvalue weighted by atomic mass is 9.98. The van der Waals surface area contributed by atoms with Gasteiger partial charge in [-0.2, -0.15) is 0 Å². The van der Waals surface area contributed by atoms with E-state index in [0.29, 0.717) is 12.8 Å². The summed E-state index contributed by atoms with van der Waals surface area (Å²) >= 11 is 0. The molecule has 0 aromatic carbocycles. The highest BCUT2D eigenvalue weighted by Crippen LogP contribution is 2.27. The number of rotatable bonds is 41. The molecular formula is C50H94O15. The van der Waals surface area contributed by atoms with Gasteiger partial charge in [0.05, 0.1) is 19.8 Å². The van der Waals surface area contributed by atoms with Crippen molar-refractivity contribution in [3.05, 3.63) is 0 Å². The van der Waals surface area contributed by atoms with E-state index in [1.165, 1.54) is 135 Å². The lowest BCUT2D eigenvalue weighted by molar-refractivity contribution is -0.332. The summed E-state index contributed by atoms with van der Waals surface area (Å²) in [5.74, 6) is -0.909. The van der Waals surface area contributed by atoms with Crippen LogP contribution in [-0.4, -0.2) is 142 Å². The minimum Gasteiger partial charge on any atom is -0.462 e. The molecule has 0 aliphatic carbocycles. The van der Waals surface area contributed by atoms with Gasteiger partial charge in [0.25, 0.3) is 0 Å². The van der Waals surface area contributed by atoms with Crippen molar-refractivity contribution in [1.82, 2.24) is 0 Å². The maximum atomic E-state index is 13.0. The molecule has 11 atom stereocenters. The van der Waals surface area contributed by atoms with Gasteiger partial charge in [0.1, 0.15) is 55.4 Å². The van der Waals surface area contributed by atoms with Gasteiger partial charge in [-0.05, 0) is 12.8 Å². The molecule has 15 heteroatoms. The highest BCUT2D eigenvalue weighted by molar-refractivity contribution is 5.70. The second-order valence-corrected chi connectivity index (χ2v) is 18.7. The second kappa shape index (κ2) is 38.4. The molecular weight excluding hydrogens is 841 g/mol. The molecule has 0 amide bonds. The first-order valence-electron chi connectivity index (χ1n) is 26.1. The predicted octanol–water partition coefficient (Wildman–Crippen LogP) is 7.22. The number of esters is 2. The van der Waals surface area contributed by atoms with E-state index in [-0.39, 0.29) is 26.1 Å². The highest BCUT2D eigenvalue weighted by atomic mass is 16.7. The molecule has 0 saturated carbocycles. The van der Waals surface area contributed by atoms with Gasteiger partial charge in [-0.3, -0.25) is 9.59 Å². The zero-order valence-corrected chi connectivity index (χ0v) is 40.5. The van der Waals surface area contributed by atoms with Crippen molar-refractivity contribution < 1.29 is 73.8 Å². The van der Waals surface area contributed by atoms with Crippen molar-refractivity contribution in [2.75, 3.05) is 26.4 Å². The van der Waals surface area contributed by atoms with Crippen LogP contribution < -0.4 is 0 Å². The van der Waals surface area contributed by atoms with E-state index >= 15 is 0 Å². The first kappa shape index (κ1) is 59.6. The Morgan fingerprint density at radius 3 is 1.20 bits per heavy atom. The number of carbonyl (C=O) groups excluding carboxylic acids is 2. The van der Waals surface area contributed by atoms with Gasteiger partial charge in [0.2, 0.25) is 0 Å². The Morgan fingerprint density at radius 1 is 0.431 bits per heavy atom. The lowest BCUT2D eigenvalue weighted by Crippen LogP contribution is -2.61. The first-order valence-corrected chi connectivity index (χ1v) is 26.1. The summed E-state index contributed by atoms with van der Waals surface area (Å²) in [7, 11) is 0. The molecule has 7 N–H and O–H groups in total. The molecule has 0 unspecified atom stereocenters. The predicted molar refractivity (Wildman–Crippen MR) is 248 cm³/mol. The van der Waals surface area contributed by atoms with Crippen LogP contribution in [0.2, 0.25) is 0 Å². The Hall–Kier alpha value is -1.50. The number of unbranched alkanes of at least 4 members (excludes halogenated alkanes) is 27. The first-order chi connectivity index (χ1) is 31.5. The normalized spacial score (nSPS) is 26.3.